The average molecular weight is 685 g/mol. The lowest BCUT2D eigenvalue weighted by Gasteiger charge is -2.36. The maximum absolute atomic E-state index is 15.0. The maximum atomic E-state index is 15.0. The number of nitrogens with one attached hydrogen (secondary N) is 2. The lowest BCUT2D eigenvalue weighted by Crippen LogP contribution is -2.59. The summed E-state index contributed by atoms with van der Waals surface area (Å²) in [5.74, 6) is -10.2. The summed E-state index contributed by atoms with van der Waals surface area (Å²) < 4.78 is 176. The SMILES string of the molecule is O=C(Nc1c(Br)cc(C(F)(C(F)(F)F)C(F)(F)C(F)(F)F)cc1C(F)(F)F)c1cccc(NCc2ccccc2)c1F. The zero-order valence-corrected chi connectivity index (χ0v) is 21.8. The molecule has 0 aliphatic carbocycles. The minimum atomic E-state index is -7.25. The van der Waals surface area contributed by atoms with Gasteiger partial charge in [-0.3, -0.25) is 4.79 Å². The molecule has 1 amide bonds. The Morgan fingerprint density at radius 1 is 0.762 bits per heavy atom. The fourth-order valence-electron chi connectivity index (χ4n) is 3.69. The summed E-state index contributed by atoms with van der Waals surface area (Å²) in [6.07, 6.45) is -20.1. The van der Waals surface area contributed by atoms with Crippen molar-refractivity contribution in [1.82, 2.24) is 0 Å². The third-order valence-electron chi connectivity index (χ3n) is 5.78. The number of halogens is 14. The van der Waals surface area contributed by atoms with Gasteiger partial charge >= 0.3 is 30.1 Å². The van der Waals surface area contributed by atoms with Gasteiger partial charge in [0.05, 0.1) is 22.5 Å². The first kappa shape index (κ1) is 33.0. The van der Waals surface area contributed by atoms with Gasteiger partial charge in [0.15, 0.2) is 5.82 Å². The Morgan fingerprint density at radius 2 is 1.36 bits per heavy atom. The van der Waals surface area contributed by atoms with E-state index in [0.29, 0.717) is 5.56 Å². The Kier molecular flexibility index (Phi) is 8.88. The van der Waals surface area contributed by atoms with E-state index in [2.05, 4.69) is 21.2 Å². The van der Waals surface area contributed by atoms with E-state index in [1.165, 1.54) is 6.07 Å². The highest BCUT2D eigenvalue weighted by Gasteiger charge is 2.82. The van der Waals surface area contributed by atoms with E-state index < -0.39 is 80.8 Å². The summed E-state index contributed by atoms with van der Waals surface area (Å²) in [7, 11) is 0. The van der Waals surface area contributed by atoms with Gasteiger partial charge in [-0.2, -0.15) is 48.3 Å². The van der Waals surface area contributed by atoms with Gasteiger partial charge in [-0.1, -0.05) is 36.4 Å². The number of hydrogen-bond acceptors (Lipinski definition) is 2. The smallest absolute Gasteiger partial charge is 0.379 e. The van der Waals surface area contributed by atoms with Crippen molar-refractivity contribution in [2.75, 3.05) is 10.6 Å². The first-order valence-corrected chi connectivity index (χ1v) is 11.9. The van der Waals surface area contributed by atoms with Crippen LogP contribution in [0.1, 0.15) is 27.0 Å². The molecule has 3 nitrogen and oxygen atoms in total. The minimum absolute atomic E-state index is 0.0425. The van der Waals surface area contributed by atoms with Crippen molar-refractivity contribution in [3.63, 3.8) is 0 Å². The van der Waals surface area contributed by atoms with Crippen molar-refractivity contribution >= 4 is 33.2 Å². The van der Waals surface area contributed by atoms with Crippen molar-refractivity contribution in [3.05, 3.63) is 93.2 Å². The fourth-order valence-corrected chi connectivity index (χ4v) is 4.25. The highest BCUT2D eigenvalue weighted by molar-refractivity contribution is 9.10. The third-order valence-corrected chi connectivity index (χ3v) is 6.41. The van der Waals surface area contributed by atoms with Gasteiger partial charge in [-0.25, -0.2) is 8.78 Å². The largest absolute Gasteiger partial charge is 0.457 e. The molecule has 0 saturated carbocycles. The van der Waals surface area contributed by atoms with Crippen molar-refractivity contribution in [2.24, 2.45) is 0 Å². The molecule has 0 aromatic heterocycles. The molecule has 1 unspecified atom stereocenters. The number of hydrogen-bond donors (Lipinski definition) is 2. The molecule has 17 heteroatoms. The standard InChI is InChI=1S/C25H14BrF13N2O/c26-16-10-13(21(28,24(34,35)36)23(32,33)25(37,38)39)9-15(22(29,30)31)19(16)41-20(42)14-7-4-8-17(18(14)27)40-11-12-5-2-1-3-6-12/h1-10,40H,11H2,(H,41,42). The number of carbonyl (C=O) groups excluding carboxylic acids is 1. The first-order chi connectivity index (χ1) is 19.1. The van der Waals surface area contributed by atoms with Gasteiger partial charge in [-0.05, 0) is 45.8 Å². The molecule has 0 aliphatic heterocycles. The molecule has 0 spiro atoms. The number of rotatable bonds is 7. The monoisotopic (exact) mass is 684 g/mol. The van der Waals surface area contributed by atoms with E-state index in [0.717, 1.165) is 12.1 Å². The van der Waals surface area contributed by atoms with E-state index in [9.17, 15) is 57.5 Å². The van der Waals surface area contributed by atoms with Crippen molar-refractivity contribution in [1.29, 1.82) is 0 Å². The molecule has 0 heterocycles. The Labute approximate surface area is 235 Å². The van der Waals surface area contributed by atoms with Crippen LogP contribution in [0.4, 0.5) is 68.5 Å². The number of benzene rings is 3. The van der Waals surface area contributed by atoms with Crippen LogP contribution < -0.4 is 10.6 Å². The number of amides is 1. The quantitative estimate of drug-likeness (QED) is 0.244. The molecule has 0 fully saturated rings. The fraction of sp³-hybridized carbons (Fsp3) is 0.240. The second kappa shape index (κ2) is 11.3. The van der Waals surface area contributed by atoms with Crippen molar-refractivity contribution in [2.45, 2.75) is 36.7 Å². The molecule has 2 N–H and O–H groups in total. The zero-order chi connectivity index (χ0) is 31.9. The summed E-state index contributed by atoms with van der Waals surface area (Å²) >= 11 is 2.27. The summed E-state index contributed by atoms with van der Waals surface area (Å²) in [4.78, 5) is 12.7. The predicted molar refractivity (Wildman–Crippen MR) is 127 cm³/mol. The first-order valence-electron chi connectivity index (χ1n) is 11.1. The van der Waals surface area contributed by atoms with Gasteiger partial charge in [0.25, 0.3) is 5.91 Å². The molecule has 3 aromatic rings. The van der Waals surface area contributed by atoms with Crippen LogP contribution in [0.25, 0.3) is 0 Å². The van der Waals surface area contributed by atoms with E-state index in [4.69, 9.17) is 0 Å². The average Bonchev–Trinajstić information content (AvgIpc) is 2.87. The lowest BCUT2D eigenvalue weighted by atomic mass is 9.86. The summed E-state index contributed by atoms with van der Waals surface area (Å²) in [5.41, 5.74) is -13.9. The molecule has 0 saturated heterocycles. The van der Waals surface area contributed by atoms with Crippen molar-refractivity contribution in [3.8, 4) is 0 Å². The van der Waals surface area contributed by atoms with Crippen molar-refractivity contribution < 1.29 is 61.9 Å². The van der Waals surface area contributed by atoms with Gasteiger partial charge in [0.2, 0.25) is 0 Å². The van der Waals surface area contributed by atoms with Crippen LogP contribution in [0.2, 0.25) is 0 Å². The Morgan fingerprint density at radius 3 is 1.88 bits per heavy atom. The van der Waals surface area contributed by atoms with Crippen LogP contribution in [0, 0.1) is 5.82 Å². The molecule has 0 aliphatic rings. The zero-order valence-electron chi connectivity index (χ0n) is 20.2. The second-order valence-corrected chi connectivity index (χ2v) is 9.42. The van der Waals surface area contributed by atoms with E-state index in [1.807, 2.05) is 0 Å². The third kappa shape index (κ3) is 6.15. The number of anilines is 2. The Hall–Kier alpha value is -3.50. The number of carbonyl (C=O) groups is 1. The number of alkyl halides is 12. The molecule has 0 bridgehead atoms. The van der Waals surface area contributed by atoms with E-state index >= 15 is 4.39 Å². The van der Waals surface area contributed by atoms with Gasteiger partial charge in [0.1, 0.15) is 0 Å². The van der Waals surface area contributed by atoms with Gasteiger partial charge < -0.3 is 10.6 Å². The lowest BCUT2D eigenvalue weighted by molar-refractivity contribution is -0.389. The van der Waals surface area contributed by atoms with E-state index in [1.54, 1.807) is 35.6 Å². The molecule has 1 atom stereocenters. The summed E-state index contributed by atoms with van der Waals surface area (Å²) in [6, 6.07) is 10.1. The predicted octanol–water partition coefficient (Wildman–Crippen LogP) is 9.40. The molecule has 0 radical (unpaired) electrons. The topological polar surface area (TPSA) is 41.1 Å². The van der Waals surface area contributed by atoms with Crippen LogP contribution in [0.5, 0.6) is 0 Å². The molecule has 42 heavy (non-hydrogen) atoms. The maximum Gasteiger partial charge on any atom is 0.457 e. The molecular formula is C25H14BrF13N2O. The summed E-state index contributed by atoms with van der Waals surface area (Å²) in [6.45, 7) is 0.0425. The highest BCUT2D eigenvalue weighted by Crippen LogP contribution is 2.59. The summed E-state index contributed by atoms with van der Waals surface area (Å²) in [5, 5.41) is 4.19. The molecular weight excluding hydrogens is 671 g/mol. The van der Waals surface area contributed by atoms with Crippen LogP contribution in [0.3, 0.4) is 0 Å². The Balaban J connectivity index is 2.08. The van der Waals surface area contributed by atoms with Gasteiger partial charge in [0, 0.05) is 16.6 Å². The van der Waals surface area contributed by atoms with Gasteiger partial charge in [-0.15, -0.1) is 0 Å². The van der Waals surface area contributed by atoms with Crippen LogP contribution >= 0.6 is 15.9 Å². The molecule has 3 rings (SSSR count). The molecule has 228 valence electrons. The minimum Gasteiger partial charge on any atom is -0.379 e. The van der Waals surface area contributed by atoms with Crippen LogP contribution in [0.15, 0.2) is 65.1 Å². The van der Waals surface area contributed by atoms with Crippen LogP contribution in [-0.4, -0.2) is 24.2 Å². The van der Waals surface area contributed by atoms with E-state index in [-0.39, 0.29) is 12.2 Å². The Bertz CT molecular complexity index is 1450. The normalized spacial score (nSPS) is 14.3. The highest BCUT2D eigenvalue weighted by atomic mass is 79.9. The van der Waals surface area contributed by atoms with Crippen LogP contribution in [-0.2, 0) is 18.4 Å². The molecule has 3 aromatic carbocycles. The second-order valence-electron chi connectivity index (χ2n) is 8.57.